The minimum atomic E-state index is -0.653. The first-order valence-corrected chi connectivity index (χ1v) is 6.63. The Hall–Kier alpha value is -2.44. The highest BCUT2D eigenvalue weighted by Crippen LogP contribution is 2.27. The average Bonchev–Trinajstić information content (AvgIpc) is 2.45. The second-order valence-electron chi connectivity index (χ2n) is 4.65. The number of hydrogen-bond donors (Lipinski definition) is 1. The molecule has 0 aliphatic carbocycles. The van der Waals surface area contributed by atoms with Crippen LogP contribution >= 0.6 is 0 Å². The lowest BCUT2D eigenvalue weighted by Crippen LogP contribution is -2.36. The summed E-state index contributed by atoms with van der Waals surface area (Å²) in [6.45, 7) is 3.58. The fraction of sp³-hybridized carbons (Fsp3) is 0.429. The van der Waals surface area contributed by atoms with Gasteiger partial charge in [0.05, 0.1) is 4.92 Å². The molecule has 1 N–H and O–H groups in total. The molecule has 7 nitrogen and oxygen atoms in total. The summed E-state index contributed by atoms with van der Waals surface area (Å²) in [6, 6.07) is 3.84. The van der Waals surface area contributed by atoms with E-state index in [1.807, 2.05) is 13.8 Å². The summed E-state index contributed by atoms with van der Waals surface area (Å²) in [7, 11) is 0. The van der Waals surface area contributed by atoms with Gasteiger partial charge in [-0.2, -0.15) is 0 Å². The number of carbonyl (C=O) groups is 2. The fourth-order valence-corrected chi connectivity index (χ4v) is 1.84. The van der Waals surface area contributed by atoms with Gasteiger partial charge in [0.25, 0.3) is 5.91 Å². The smallest absolute Gasteiger partial charge is 0.311 e. The van der Waals surface area contributed by atoms with Crippen molar-refractivity contribution < 1.29 is 19.2 Å². The van der Waals surface area contributed by atoms with E-state index in [1.54, 1.807) is 0 Å². The highest BCUT2D eigenvalue weighted by Gasteiger charge is 2.17. The van der Waals surface area contributed by atoms with Crippen molar-refractivity contribution in [3.8, 4) is 5.75 Å². The lowest BCUT2D eigenvalue weighted by atomic mass is 10.2. The summed E-state index contributed by atoms with van der Waals surface area (Å²) >= 11 is 0. The molecule has 1 aromatic carbocycles. The van der Waals surface area contributed by atoms with Crippen LogP contribution in [0.5, 0.6) is 5.75 Å². The van der Waals surface area contributed by atoms with E-state index in [9.17, 15) is 19.7 Å². The molecule has 0 aliphatic rings. The summed E-state index contributed by atoms with van der Waals surface area (Å²) in [6.07, 6.45) is 2.30. The lowest BCUT2D eigenvalue weighted by Gasteiger charge is -2.13. The predicted molar refractivity (Wildman–Crippen MR) is 76.5 cm³/mol. The van der Waals surface area contributed by atoms with Crippen molar-refractivity contribution in [1.29, 1.82) is 0 Å². The molecule has 0 fully saturated rings. The normalized spacial score (nSPS) is 11.5. The van der Waals surface area contributed by atoms with Crippen molar-refractivity contribution in [2.75, 3.05) is 6.61 Å². The zero-order chi connectivity index (χ0) is 15.8. The summed E-state index contributed by atoms with van der Waals surface area (Å²) in [5, 5.41) is 13.6. The molecule has 1 aromatic rings. The Morgan fingerprint density at radius 2 is 2.24 bits per heavy atom. The number of ether oxygens (including phenoxy) is 1. The molecule has 0 saturated heterocycles. The highest BCUT2D eigenvalue weighted by molar-refractivity contribution is 5.79. The molecule has 0 aromatic heterocycles. The molecule has 0 heterocycles. The molecule has 0 spiro atoms. The molecule has 0 saturated carbocycles. The quantitative estimate of drug-likeness (QED) is 0.449. The first-order valence-electron chi connectivity index (χ1n) is 6.63. The topological polar surface area (TPSA) is 98.5 Å². The maximum Gasteiger partial charge on any atom is 0.311 e. The van der Waals surface area contributed by atoms with Gasteiger partial charge in [-0.3, -0.25) is 19.7 Å². The van der Waals surface area contributed by atoms with Crippen molar-refractivity contribution in [3.05, 3.63) is 33.9 Å². The number of benzene rings is 1. The van der Waals surface area contributed by atoms with Crippen LogP contribution in [0, 0.1) is 10.1 Å². The summed E-state index contributed by atoms with van der Waals surface area (Å²) in [5.41, 5.74) is -0.163. The van der Waals surface area contributed by atoms with Crippen LogP contribution < -0.4 is 10.1 Å². The van der Waals surface area contributed by atoms with Crippen LogP contribution in [-0.4, -0.2) is 29.8 Å². The molecular formula is C14H18N2O5. The summed E-state index contributed by atoms with van der Waals surface area (Å²) < 4.78 is 5.17. The Bertz CT molecular complexity index is 530. The number of nitro benzene ring substituents is 1. The SMILES string of the molecule is CCCC(C)NC(=O)COc1ccc(C=O)cc1[N+](=O)[O-]. The van der Waals surface area contributed by atoms with E-state index in [2.05, 4.69) is 5.32 Å². The van der Waals surface area contributed by atoms with Crippen LogP contribution in [0.4, 0.5) is 5.69 Å². The zero-order valence-corrected chi connectivity index (χ0v) is 12.0. The van der Waals surface area contributed by atoms with Crippen LogP contribution in [0.3, 0.4) is 0 Å². The molecule has 0 radical (unpaired) electrons. The van der Waals surface area contributed by atoms with Crippen LogP contribution in [0.1, 0.15) is 37.0 Å². The van der Waals surface area contributed by atoms with Gasteiger partial charge in [0.15, 0.2) is 12.4 Å². The van der Waals surface area contributed by atoms with Crippen LogP contribution in [0.2, 0.25) is 0 Å². The number of nitrogens with one attached hydrogen (secondary N) is 1. The van der Waals surface area contributed by atoms with E-state index in [1.165, 1.54) is 12.1 Å². The largest absolute Gasteiger partial charge is 0.477 e. The first-order chi connectivity index (χ1) is 9.97. The Balaban J connectivity index is 2.68. The van der Waals surface area contributed by atoms with Crippen LogP contribution in [0.15, 0.2) is 18.2 Å². The number of amides is 1. The number of carbonyl (C=O) groups excluding carboxylic acids is 2. The number of rotatable bonds is 8. The summed E-state index contributed by atoms with van der Waals surface area (Å²) in [5.74, 6) is -0.381. The molecule has 1 atom stereocenters. The molecule has 21 heavy (non-hydrogen) atoms. The maximum absolute atomic E-state index is 11.6. The van der Waals surface area contributed by atoms with Gasteiger partial charge in [0, 0.05) is 17.7 Å². The van der Waals surface area contributed by atoms with Gasteiger partial charge in [-0.15, -0.1) is 0 Å². The standard InChI is InChI=1S/C14H18N2O5/c1-3-4-10(2)15-14(18)9-21-13-6-5-11(8-17)7-12(13)16(19)20/h5-8,10H,3-4,9H2,1-2H3,(H,15,18). The molecule has 1 unspecified atom stereocenters. The van der Waals surface area contributed by atoms with Crippen molar-refractivity contribution in [2.24, 2.45) is 0 Å². The average molecular weight is 294 g/mol. The molecular weight excluding hydrogens is 276 g/mol. The monoisotopic (exact) mass is 294 g/mol. The maximum atomic E-state index is 11.6. The summed E-state index contributed by atoms with van der Waals surface area (Å²) in [4.78, 5) is 32.5. The molecule has 1 rings (SSSR count). The number of nitrogens with zero attached hydrogens (tertiary/aromatic N) is 1. The minimum Gasteiger partial charge on any atom is -0.477 e. The van der Waals surface area contributed by atoms with Gasteiger partial charge in [-0.1, -0.05) is 13.3 Å². The Labute approximate surface area is 122 Å². The van der Waals surface area contributed by atoms with Crippen molar-refractivity contribution in [2.45, 2.75) is 32.7 Å². The van der Waals surface area contributed by atoms with E-state index in [0.29, 0.717) is 6.29 Å². The van der Waals surface area contributed by atoms with E-state index in [0.717, 1.165) is 18.9 Å². The third-order valence-corrected chi connectivity index (χ3v) is 2.80. The third kappa shape index (κ3) is 5.21. The van der Waals surface area contributed by atoms with E-state index >= 15 is 0 Å². The molecule has 7 heteroatoms. The predicted octanol–water partition coefficient (Wildman–Crippen LogP) is 2.09. The van der Waals surface area contributed by atoms with Crippen molar-refractivity contribution in [1.82, 2.24) is 5.32 Å². The first kappa shape index (κ1) is 16.6. The fourth-order valence-electron chi connectivity index (χ4n) is 1.84. The molecule has 1 amide bonds. The van der Waals surface area contributed by atoms with Crippen molar-refractivity contribution >= 4 is 17.9 Å². The third-order valence-electron chi connectivity index (χ3n) is 2.80. The Morgan fingerprint density at radius 3 is 2.81 bits per heavy atom. The Kier molecular flexibility index (Phi) is 6.32. The van der Waals surface area contributed by atoms with Gasteiger partial charge in [0.1, 0.15) is 6.29 Å². The minimum absolute atomic E-state index is 0.0264. The molecule has 0 bridgehead atoms. The van der Waals surface area contributed by atoms with Gasteiger partial charge in [-0.05, 0) is 25.5 Å². The lowest BCUT2D eigenvalue weighted by molar-refractivity contribution is -0.385. The van der Waals surface area contributed by atoms with Crippen LogP contribution in [0.25, 0.3) is 0 Å². The van der Waals surface area contributed by atoms with Crippen molar-refractivity contribution in [3.63, 3.8) is 0 Å². The van der Waals surface area contributed by atoms with Gasteiger partial charge in [-0.25, -0.2) is 0 Å². The second-order valence-corrected chi connectivity index (χ2v) is 4.65. The highest BCUT2D eigenvalue weighted by atomic mass is 16.6. The number of aldehydes is 1. The van der Waals surface area contributed by atoms with Crippen LogP contribution in [-0.2, 0) is 4.79 Å². The van der Waals surface area contributed by atoms with Gasteiger partial charge in [0.2, 0.25) is 0 Å². The second kappa shape index (κ2) is 7.98. The van der Waals surface area contributed by atoms with E-state index in [4.69, 9.17) is 4.74 Å². The van der Waals surface area contributed by atoms with E-state index < -0.39 is 4.92 Å². The Morgan fingerprint density at radius 1 is 1.52 bits per heavy atom. The molecule has 0 aliphatic heterocycles. The molecule has 114 valence electrons. The number of nitro groups is 1. The van der Waals surface area contributed by atoms with Gasteiger partial charge >= 0.3 is 5.69 Å². The van der Waals surface area contributed by atoms with Gasteiger partial charge < -0.3 is 10.1 Å². The number of hydrogen-bond acceptors (Lipinski definition) is 5. The zero-order valence-electron chi connectivity index (χ0n) is 12.0. The van der Waals surface area contributed by atoms with E-state index in [-0.39, 0.29) is 35.6 Å².